The summed E-state index contributed by atoms with van der Waals surface area (Å²) in [6, 6.07) is 0. The molecule has 0 amide bonds. The molecule has 4 rings (SSSR count). The Labute approximate surface area is 136 Å². The first-order chi connectivity index (χ1) is 11.3. The monoisotopic (exact) mass is 348 g/mol. The van der Waals surface area contributed by atoms with Gasteiger partial charge >= 0.3 is 17.9 Å². The highest BCUT2D eigenvalue weighted by molar-refractivity contribution is 5.77. The maximum absolute atomic E-state index is 12.9. The minimum Gasteiger partial charge on any atom is -0.463 e. The van der Waals surface area contributed by atoms with Gasteiger partial charge in [-0.05, 0) is 12.8 Å². The molecule has 1 aliphatic carbocycles. The van der Waals surface area contributed by atoms with E-state index in [0.29, 0.717) is 32.6 Å². The van der Waals surface area contributed by atoms with Gasteiger partial charge < -0.3 is 23.7 Å². The van der Waals surface area contributed by atoms with E-state index in [1.807, 2.05) is 0 Å². The maximum Gasteiger partial charge on any atom is 0.376 e. The standard InChI is InChI=1S/C15H18F2O7/c1-14(16,17)13(19)21-7-2-4-15(5-3-7)23-10-9-8(6-20-11(9)18)22-12(10)24-15/h7-10,12H,2-6H2,1H3. The third-order valence-electron chi connectivity index (χ3n) is 5.00. The summed E-state index contributed by atoms with van der Waals surface area (Å²) >= 11 is 0. The number of cyclic esters (lactones) is 1. The smallest absolute Gasteiger partial charge is 0.376 e. The lowest BCUT2D eigenvalue weighted by Gasteiger charge is -2.36. The molecule has 0 radical (unpaired) electrons. The summed E-state index contributed by atoms with van der Waals surface area (Å²) in [6.07, 6.45) is -0.609. The highest BCUT2D eigenvalue weighted by Crippen LogP contribution is 2.48. The van der Waals surface area contributed by atoms with Gasteiger partial charge in [-0.15, -0.1) is 0 Å². The summed E-state index contributed by atoms with van der Waals surface area (Å²) in [7, 11) is 0. The van der Waals surface area contributed by atoms with Crippen LogP contribution in [0.25, 0.3) is 0 Å². The Morgan fingerprint density at radius 3 is 2.67 bits per heavy atom. The molecule has 1 spiro atoms. The third-order valence-corrected chi connectivity index (χ3v) is 5.00. The lowest BCUT2D eigenvalue weighted by atomic mass is 9.91. The zero-order valence-electron chi connectivity index (χ0n) is 13.0. The van der Waals surface area contributed by atoms with Crippen LogP contribution >= 0.6 is 0 Å². The van der Waals surface area contributed by atoms with Crippen molar-refractivity contribution in [1.82, 2.24) is 0 Å². The Morgan fingerprint density at radius 2 is 2.00 bits per heavy atom. The van der Waals surface area contributed by atoms with E-state index in [0.717, 1.165) is 0 Å². The Kier molecular flexibility index (Phi) is 3.59. The van der Waals surface area contributed by atoms with Gasteiger partial charge in [0.1, 0.15) is 30.8 Å². The first kappa shape index (κ1) is 16.2. The average Bonchev–Trinajstić information content (AvgIpc) is 3.11. The highest BCUT2D eigenvalue weighted by atomic mass is 19.3. The molecular weight excluding hydrogens is 330 g/mol. The molecule has 4 atom stereocenters. The van der Waals surface area contributed by atoms with Crippen LogP contribution in [0.5, 0.6) is 0 Å². The number of esters is 2. The second-order valence-corrected chi connectivity index (χ2v) is 6.80. The van der Waals surface area contributed by atoms with E-state index in [-0.39, 0.29) is 18.7 Å². The Bertz CT molecular complexity index is 553. The topological polar surface area (TPSA) is 80.3 Å². The fraction of sp³-hybridized carbons (Fsp3) is 0.867. The largest absolute Gasteiger partial charge is 0.463 e. The normalized spacial score (nSPS) is 44.3. The second-order valence-electron chi connectivity index (χ2n) is 6.80. The van der Waals surface area contributed by atoms with Crippen LogP contribution in [0.1, 0.15) is 32.6 Å². The van der Waals surface area contributed by atoms with Gasteiger partial charge in [0.15, 0.2) is 12.1 Å². The van der Waals surface area contributed by atoms with E-state index in [1.165, 1.54) is 0 Å². The third kappa shape index (κ3) is 2.58. The number of alkyl halides is 2. The van der Waals surface area contributed by atoms with E-state index < -0.39 is 42.1 Å². The summed E-state index contributed by atoms with van der Waals surface area (Å²) in [4.78, 5) is 23.0. The van der Waals surface area contributed by atoms with E-state index in [2.05, 4.69) is 0 Å². The molecule has 0 aromatic carbocycles. The number of rotatable bonds is 2. The molecule has 0 aromatic heterocycles. The quantitative estimate of drug-likeness (QED) is 0.692. The van der Waals surface area contributed by atoms with Crippen LogP contribution in [0.4, 0.5) is 8.78 Å². The van der Waals surface area contributed by atoms with E-state index in [9.17, 15) is 18.4 Å². The molecule has 3 heterocycles. The molecule has 24 heavy (non-hydrogen) atoms. The molecule has 0 N–H and O–H groups in total. The zero-order chi connectivity index (χ0) is 17.1. The molecule has 1 saturated carbocycles. The molecule has 7 nitrogen and oxygen atoms in total. The van der Waals surface area contributed by atoms with Crippen LogP contribution in [0.15, 0.2) is 0 Å². The Balaban J connectivity index is 1.35. The van der Waals surface area contributed by atoms with E-state index >= 15 is 0 Å². The number of hydrogen-bond acceptors (Lipinski definition) is 7. The molecule has 4 fully saturated rings. The Hall–Kier alpha value is -1.32. The maximum atomic E-state index is 12.9. The first-order valence-electron chi connectivity index (χ1n) is 8.04. The summed E-state index contributed by atoms with van der Waals surface area (Å²) in [5.41, 5.74) is 0. The summed E-state index contributed by atoms with van der Waals surface area (Å²) in [5.74, 6) is -6.77. The first-order valence-corrected chi connectivity index (χ1v) is 8.04. The molecule has 134 valence electrons. The van der Waals surface area contributed by atoms with Crippen LogP contribution in [0.2, 0.25) is 0 Å². The van der Waals surface area contributed by atoms with Gasteiger partial charge in [-0.25, -0.2) is 4.79 Å². The fourth-order valence-electron chi connectivity index (χ4n) is 3.76. The van der Waals surface area contributed by atoms with Crippen molar-refractivity contribution in [3.8, 4) is 0 Å². The van der Waals surface area contributed by atoms with Gasteiger partial charge in [0.25, 0.3) is 0 Å². The van der Waals surface area contributed by atoms with Crippen molar-refractivity contribution in [2.45, 2.75) is 68.9 Å². The zero-order valence-corrected chi connectivity index (χ0v) is 13.0. The predicted octanol–water partition coefficient (Wildman–Crippen LogP) is 1.14. The van der Waals surface area contributed by atoms with Crippen molar-refractivity contribution in [1.29, 1.82) is 0 Å². The SMILES string of the molecule is CC(F)(F)C(=O)OC1CCC2(CC1)OC1OC3COC(=O)C3C1O2. The van der Waals surface area contributed by atoms with Crippen LogP contribution < -0.4 is 0 Å². The lowest BCUT2D eigenvalue weighted by molar-refractivity contribution is -0.248. The van der Waals surface area contributed by atoms with Gasteiger partial charge in [-0.1, -0.05) is 0 Å². The van der Waals surface area contributed by atoms with Crippen molar-refractivity contribution >= 4 is 11.9 Å². The van der Waals surface area contributed by atoms with Crippen LogP contribution in [0.3, 0.4) is 0 Å². The van der Waals surface area contributed by atoms with Gasteiger partial charge in [0.05, 0.1) is 0 Å². The number of halogens is 2. The van der Waals surface area contributed by atoms with Crippen molar-refractivity contribution < 1.29 is 42.1 Å². The van der Waals surface area contributed by atoms with Crippen molar-refractivity contribution in [2.24, 2.45) is 5.92 Å². The lowest BCUT2D eigenvalue weighted by Crippen LogP contribution is -2.42. The van der Waals surface area contributed by atoms with Crippen LogP contribution in [-0.4, -0.2) is 54.9 Å². The van der Waals surface area contributed by atoms with Gasteiger partial charge in [0, 0.05) is 19.8 Å². The molecule has 4 unspecified atom stereocenters. The summed E-state index contributed by atoms with van der Waals surface area (Å²) in [6.45, 7) is 0.720. The second kappa shape index (κ2) is 5.34. The van der Waals surface area contributed by atoms with E-state index in [4.69, 9.17) is 23.7 Å². The number of carbonyl (C=O) groups is 2. The van der Waals surface area contributed by atoms with Crippen molar-refractivity contribution in [3.05, 3.63) is 0 Å². The highest BCUT2D eigenvalue weighted by Gasteiger charge is 2.63. The number of carbonyl (C=O) groups excluding carboxylic acids is 2. The molecule has 0 bridgehead atoms. The van der Waals surface area contributed by atoms with Crippen LogP contribution in [0, 0.1) is 5.92 Å². The van der Waals surface area contributed by atoms with E-state index in [1.54, 1.807) is 0 Å². The van der Waals surface area contributed by atoms with Gasteiger partial charge in [-0.2, -0.15) is 8.78 Å². The van der Waals surface area contributed by atoms with Crippen LogP contribution in [-0.2, 0) is 33.3 Å². The number of fused-ring (bicyclic) bond motifs is 3. The molecule has 3 aliphatic heterocycles. The van der Waals surface area contributed by atoms with Crippen molar-refractivity contribution in [3.63, 3.8) is 0 Å². The average molecular weight is 348 g/mol. The summed E-state index contributed by atoms with van der Waals surface area (Å²) < 4.78 is 53.1. The minimum atomic E-state index is -3.50. The molecule has 3 saturated heterocycles. The molecule has 0 aromatic rings. The van der Waals surface area contributed by atoms with Crippen molar-refractivity contribution in [2.75, 3.05) is 6.61 Å². The molecular formula is C15H18F2O7. The fourth-order valence-corrected chi connectivity index (χ4v) is 3.76. The predicted molar refractivity (Wildman–Crippen MR) is 70.8 cm³/mol. The van der Waals surface area contributed by atoms with Gasteiger partial charge in [0.2, 0.25) is 0 Å². The van der Waals surface area contributed by atoms with Gasteiger partial charge in [-0.3, -0.25) is 4.79 Å². The molecule has 4 aliphatic rings. The minimum absolute atomic E-state index is 0.208. The number of ether oxygens (including phenoxy) is 5. The Morgan fingerprint density at radius 1 is 1.29 bits per heavy atom. The summed E-state index contributed by atoms with van der Waals surface area (Å²) in [5, 5.41) is 0. The molecule has 9 heteroatoms. The number of hydrogen-bond donors (Lipinski definition) is 0.